The van der Waals surface area contributed by atoms with Crippen LogP contribution in [0.15, 0.2) is 4.99 Å². The number of aliphatic imine (C=N–C) groups is 1. The van der Waals surface area contributed by atoms with Crippen LogP contribution in [-0.2, 0) is 0 Å². The Morgan fingerprint density at radius 1 is 1.26 bits per heavy atom. The van der Waals surface area contributed by atoms with Gasteiger partial charge in [0.05, 0.1) is 0 Å². The molecule has 2 aliphatic rings. The zero-order valence-corrected chi connectivity index (χ0v) is 13.0. The molecular formula is C15H30N4. The molecule has 1 saturated carbocycles. The Morgan fingerprint density at radius 3 is 2.58 bits per heavy atom. The third-order valence-electron chi connectivity index (χ3n) is 3.68. The minimum atomic E-state index is 0.248. The van der Waals surface area contributed by atoms with Crippen molar-refractivity contribution in [3.05, 3.63) is 0 Å². The number of hydrogen-bond acceptors (Lipinski definition) is 2. The maximum atomic E-state index is 4.71. The molecule has 0 aromatic carbocycles. The van der Waals surface area contributed by atoms with Crippen molar-refractivity contribution >= 4 is 5.96 Å². The molecule has 0 aromatic rings. The first-order valence-corrected chi connectivity index (χ1v) is 7.77. The Hall–Kier alpha value is -0.770. The van der Waals surface area contributed by atoms with Crippen LogP contribution in [0.5, 0.6) is 0 Å². The first kappa shape index (κ1) is 14.6. The van der Waals surface area contributed by atoms with Crippen molar-refractivity contribution in [2.24, 2.45) is 10.4 Å². The normalized spacial score (nSPS) is 25.7. The average Bonchev–Trinajstić information content (AvgIpc) is 3.07. The molecule has 0 radical (unpaired) electrons. The fourth-order valence-corrected chi connectivity index (χ4v) is 2.51. The average molecular weight is 266 g/mol. The highest BCUT2D eigenvalue weighted by Crippen LogP contribution is 2.29. The van der Waals surface area contributed by atoms with E-state index in [1.54, 1.807) is 0 Å². The third kappa shape index (κ3) is 5.01. The van der Waals surface area contributed by atoms with Crippen LogP contribution >= 0.6 is 0 Å². The van der Waals surface area contributed by atoms with Gasteiger partial charge in [0.1, 0.15) is 0 Å². The number of nitrogens with zero attached hydrogens (tertiary/aromatic N) is 2. The maximum absolute atomic E-state index is 4.71. The van der Waals surface area contributed by atoms with Crippen LogP contribution in [0, 0.1) is 5.41 Å². The van der Waals surface area contributed by atoms with E-state index in [1.165, 1.54) is 32.4 Å². The highest BCUT2D eigenvalue weighted by atomic mass is 15.3. The molecule has 4 heteroatoms. The molecule has 0 spiro atoms. The van der Waals surface area contributed by atoms with Crippen LogP contribution in [0.4, 0.5) is 0 Å². The quantitative estimate of drug-likeness (QED) is 0.602. The first-order valence-electron chi connectivity index (χ1n) is 7.77. The van der Waals surface area contributed by atoms with Gasteiger partial charge in [-0.1, -0.05) is 20.8 Å². The molecule has 1 saturated heterocycles. The fourth-order valence-electron chi connectivity index (χ4n) is 2.51. The molecule has 110 valence electrons. The lowest BCUT2D eigenvalue weighted by Gasteiger charge is -2.20. The summed E-state index contributed by atoms with van der Waals surface area (Å²) in [6.45, 7) is 13.0. The van der Waals surface area contributed by atoms with Crippen molar-refractivity contribution in [2.75, 3.05) is 26.2 Å². The van der Waals surface area contributed by atoms with Gasteiger partial charge in [0.15, 0.2) is 5.96 Å². The van der Waals surface area contributed by atoms with Gasteiger partial charge in [0, 0.05) is 38.3 Å². The van der Waals surface area contributed by atoms with E-state index in [4.69, 9.17) is 4.99 Å². The molecule has 1 heterocycles. The number of likely N-dealkylation sites (tertiary alicyclic amines) is 1. The minimum Gasteiger partial charge on any atom is -0.357 e. The van der Waals surface area contributed by atoms with Crippen LogP contribution < -0.4 is 10.6 Å². The predicted molar refractivity (Wildman–Crippen MR) is 81.6 cm³/mol. The topological polar surface area (TPSA) is 39.7 Å². The first-order chi connectivity index (χ1) is 8.98. The van der Waals surface area contributed by atoms with Gasteiger partial charge in [-0.3, -0.25) is 9.89 Å². The van der Waals surface area contributed by atoms with E-state index in [0.717, 1.165) is 25.1 Å². The Labute approximate surface area is 118 Å². The molecular weight excluding hydrogens is 236 g/mol. The molecule has 0 bridgehead atoms. The van der Waals surface area contributed by atoms with E-state index >= 15 is 0 Å². The lowest BCUT2D eigenvalue weighted by atomic mass is 9.97. The maximum Gasteiger partial charge on any atom is 0.191 e. The predicted octanol–water partition coefficient (Wildman–Crippen LogP) is 1.82. The number of guanidine groups is 1. The van der Waals surface area contributed by atoms with Gasteiger partial charge in [-0.05, 0) is 31.6 Å². The van der Waals surface area contributed by atoms with Crippen molar-refractivity contribution in [2.45, 2.75) is 59.0 Å². The number of nitrogens with one attached hydrogen (secondary N) is 2. The van der Waals surface area contributed by atoms with Gasteiger partial charge < -0.3 is 10.6 Å². The fraction of sp³-hybridized carbons (Fsp3) is 0.933. The van der Waals surface area contributed by atoms with E-state index in [1.807, 2.05) is 0 Å². The van der Waals surface area contributed by atoms with Gasteiger partial charge in [0.25, 0.3) is 0 Å². The molecule has 19 heavy (non-hydrogen) atoms. The van der Waals surface area contributed by atoms with Gasteiger partial charge in [-0.15, -0.1) is 0 Å². The van der Waals surface area contributed by atoms with Gasteiger partial charge in [-0.25, -0.2) is 0 Å². The summed E-state index contributed by atoms with van der Waals surface area (Å²) in [6, 6.07) is 1.46. The van der Waals surface area contributed by atoms with E-state index in [-0.39, 0.29) is 5.41 Å². The van der Waals surface area contributed by atoms with E-state index in [9.17, 15) is 0 Å². The molecule has 1 unspecified atom stereocenters. The Balaban J connectivity index is 1.82. The molecule has 0 amide bonds. The summed E-state index contributed by atoms with van der Waals surface area (Å²) in [5.74, 6) is 0.986. The van der Waals surface area contributed by atoms with Gasteiger partial charge in [-0.2, -0.15) is 0 Å². The molecule has 1 aliphatic carbocycles. The Bertz CT molecular complexity index is 315. The molecule has 4 nitrogen and oxygen atoms in total. The molecule has 2 rings (SSSR count). The summed E-state index contributed by atoms with van der Waals surface area (Å²) >= 11 is 0. The summed E-state index contributed by atoms with van der Waals surface area (Å²) in [7, 11) is 0. The van der Waals surface area contributed by atoms with Crippen LogP contribution in [0.1, 0.15) is 47.0 Å². The summed E-state index contributed by atoms with van der Waals surface area (Å²) < 4.78 is 0. The summed E-state index contributed by atoms with van der Waals surface area (Å²) in [6.07, 6.45) is 4.06. The molecule has 0 aromatic heterocycles. The second kappa shape index (κ2) is 6.12. The zero-order chi connectivity index (χ0) is 13.9. The molecule has 2 N–H and O–H groups in total. The van der Waals surface area contributed by atoms with Crippen LogP contribution in [-0.4, -0.2) is 49.1 Å². The SMILES string of the molecule is CCNC(=NCC(C)(C)C)NC1CCN(C2CC2)C1. The second-order valence-electron chi connectivity index (χ2n) is 7.11. The van der Waals surface area contributed by atoms with E-state index < -0.39 is 0 Å². The van der Waals surface area contributed by atoms with Crippen molar-refractivity contribution in [3.8, 4) is 0 Å². The van der Waals surface area contributed by atoms with Crippen molar-refractivity contribution in [3.63, 3.8) is 0 Å². The van der Waals surface area contributed by atoms with Gasteiger partial charge in [0.2, 0.25) is 0 Å². The van der Waals surface area contributed by atoms with Gasteiger partial charge >= 0.3 is 0 Å². The lowest BCUT2D eigenvalue weighted by molar-refractivity contribution is 0.321. The highest BCUT2D eigenvalue weighted by molar-refractivity contribution is 5.80. The zero-order valence-electron chi connectivity index (χ0n) is 13.0. The van der Waals surface area contributed by atoms with E-state index in [2.05, 4.69) is 43.2 Å². The third-order valence-corrected chi connectivity index (χ3v) is 3.68. The minimum absolute atomic E-state index is 0.248. The molecule has 2 fully saturated rings. The van der Waals surface area contributed by atoms with Crippen molar-refractivity contribution < 1.29 is 0 Å². The van der Waals surface area contributed by atoms with Crippen molar-refractivity contribution in [1.82, 2.24) is 15.5 Å². The van der Waals surface area contributed by atoms with Crippen LogP contribution in [0.25, 0.3) is 0 Å². The monoisotopic (exact) mass is 266 g/mol. The number of rotatable bonds is 4. The highest BCUT2D eigenvalue weighted by Gasteiger charge is 2.34. The second-order valence-corrected chi connectivity index (χ2v) is 7.11. The smallest absolute Gasteiger partial charge is 0.191 e. The van der Waals surface area contributed by atoms with Crippen molar-refractivity contribution in [1.29, 1.82) is 0 Å². The summed E-state index contributed by atoms with van der Waals surface area (Å²) in [5, 5.41) is 6.96. The lowest BCUT2D eigenvalue weighted by Crippen LogP contribution is -2.45. The molecule has 1 aliphatic heterocycles. The standard InChI is InChI=1S/C15H30N4/c1-5-16-14(17-11-15(2,3)4)18-12-8-9-19(10-12)13-6-7-13/h12-13H,5-11H2,1-4H3,(H2,16,17,18). The van der Waals surface area contributed by atoms with Crippen LogP contribution in [0.2, 0.25) is 0 Å². The Morgan fingerprint density at radius 2 is 2.00 bits per heavy atom. The van der Waals surface area contributed by atoms with E-state index in [0.29, 0.717) is 6.04 Å². The molecule has 1 atom stereocenters. The van der Waals surface area contributed by atoms with Crippen LogP contribution in [0.3, 0.4) is 0 Å². The Kier molecular flexibility index (Phi) is 4.71. The summed E-state index contributed by atoms with van der Waals surface area (Å²) in [4.78, 5) is 7.34. The largest absolute Gasteiger partial charge is 0.357 e. The summed E-state index contributed by atoms with van der Waals surface area (Å²) in [5.41, 5.74) is 0.248. The number of hydrogen-bond donors (Lipinski definition) is 2.